The monoisotopic (exact) mass is 278 g/mol. The highest BCUT2D eigenvalue weighted by Crippen LogP contribution is 2.13. The number of carbonyl (C=O) groups is 2. The van der Waals surface area contributed by atoms with Gasteiger partial charge in [0.25, 0.3) is 0 Å². The number of amides is 2. The molecule has 110 valence electrons. The summed E-state index contributed by atoms with van der Waals surface area (Å²) in [6.07, 6.45) is 0.844. The zero-order valence-electron chi connectivity index (χ0n) is 12.2. The van der Waals surface area contributed by atoms with Gasteiger partial charge in [-0.1, -0.05) is 19.1 Å². The number of rotatable bonds is 6. The summed E-state index contributed by atoms with van der Waals surface area (Å²) in [5.74, 6) is -0.906. The van der Waals surface area contributed by atoms with E-state index in [-0.39, 0.29) is 25.0 Å². The van der Waals surface area contributed by atoms with E-state index < -0.39 is 5.97 Å². The van der Waals surface area contributed by atoms with Gasteiger partial charge >= 0.3 is 12.0 Å². The molecule has 0 bridgehead atoms. The molecule has 0 heterocycles. The number of aryl methyl sites for hydroxylation is 1. The third-order valence-corrected chi connectivity index (χ3v) is 3.04. The molecule has 1 rings (SSSR count). The summed E-state index contributed by atoms with van der Waals surface area (Å²) in [6.45, 7) is 5.98. The SMILES string of the molecule is CCc1cccc(NC(=O)N(CCC(=O)O)C(C)C)c1. The van der Waals surface area contributed by atoms with Gasteiger partial charge < -0.3 is 15.3 Å². The van der Waals surface area contributed by atoms with Crippen molar-refractivity contribution in [1.82, 2.24) is 4.90 Å². The van der Waals surface area contributed by atoms with Gasteiger partial charge in [0.2, 0.25) is 0 Å². The van der Waals surface area contributed by atoms with Crippen molar-refractivity contribution in [3.05, 3.63) is 29.8 Å². The van der Waals surface area contributed by atoms with Crippen molar-refractivity contribution in [1.29, 1.82) is 0 Å². The Kier molecular flexibility index (Phi) is 6.03. The van der Waals surface area contributed by atoms with Crippen LogP contribution in [0.4, 0.5) is 10.5 Å². The molecule has 0 aromatic heterocycles. The fraction of sp³-hybridized carbons (Fsp3) is 0.467. The van der Waals surface area contributed by atoms with Gasteiger partial charge in [-0.25, -0.2) is 4.79 Å². The van der Waals surface area contributed by atoms with Crippen LogP contribution in [0.25, 0.3) is 0 Å². The first-order valence-electron chi connectivity index (χ1n) is 6.82. The van der Waals surface area contributed by atoms with Crippen molar-refractivity contribution in [2.45, 2.75) is 39.7 Å². The molecule has 0 unspecified atom stereocenters. The second-order valence-corrected chi connectivity index (χ2v) is 4.91. The predicted octanol–water partition coefficient (Wildman–Crippen LogP) is 2.97. The third kappa shape index (κ3) is 4.91. The van der Waals surface area contributed by atoms with Crippen molar-refractivity contribution in [3.63, 3.8) is 0 Å². The second-order valence-electron chi connectivity index (χ2n) is 4.91. The van der Waals surface area contributed by atoms with Crippen LogP contribution >= 0.6 is 0 Å². The quantitative estimate of drug-likeness (QED) is 0.840. The molecule has 20 heavy (non-hydrogen) atoms. The largest absolute Gasteiger partial charge is 0.481 e. The Morgan fingerprint density at radius 3 is 2.60 bits per heavy atom. The van der Waals surface area contributed by atoms with Crippen molar-refractivity contribution < 1.29 is 14.7 Å². The Bertz CT molecular complexity index is 472. The highest BCUT2D eigenvalue weighted by Gasteiger charge is 2.17. The molecule has 5 heteroatoms. The Labute approximate surface area is 119 Å². The molecule has 1 aromatic rings. The molecular weight excluding hydrogens is 256 g/mol. The molecule has 0 aliphatic carbocycles. The van der Waals surface area contributed by atoms with Gasteiger partial charge in [0, 0.05) is 18.3 Å². The van der Waals surface area contributed by atoms with Crippen LogP contribution in [0, 0.1) is 0 Å². The lowest BCUT2D eigenvalue weighted by atomic mass is 10.1. The molecule has 0 saturated heterocycles. The number of carboxylic acid groups (broad SMARTS) is 1. The molecule has 0 saturated carbocycles. The number of urea groups is 1. The lowest BCUT2D eigenvalue weighted by molar-refractivity contribution is -0.137. The molecular formula is C15H22N2O3. The molecule has 2 amide bonds. The Balaban J connectivity index is 2.72. The molecule has 5 nitrogen and oxygen atoms in total. The van der Waals surface area contributed by atoms with E-state index in [4.69, 9.17) is 5.11 Å². The number of carbonyl (C=O) groups excluding carboxylic acids is 1. The summed E-state index contributed by atoms with van der Waals surface area (Å²) >= 11 is 0. The first-order chi connectivity index (χ1) is 9.43. The lowest BCUT2D eigenvalue weighted by Gasteiger charge is -2.26. The fourth-order valence-electron chi connectivity index (χ4n) is 1.87. The number of benzene rings is 1. The van der Waals surface area contributed by atoms with Gasteiger partial charge in [-0.15, -0.1) is 0 Å². The summed E-state index contributed by atoms with van der Waals surface area (Å²) < 4.78 is 0. The molecule has 0 aliphatic rings. The van der Waals surface area contributed by atoms with Gasteiger partial charge in [0.15, 0.2) is 0 Å². The van der Waals surface area contributed by atoms with Gasteiger partial charge in [0.1, 0.15) is 0 Å². The highest BCUT2D eigenvalue weighted by atomic mass is 16.4. The summed E-state index contributed by atoms with van der Waals surface area (Å²) in [7, 11) is 0. The molecule has 2 N–H and O–H groups in total. The van der Waals surface area contributed by atoms with Crippen LogP contribution < -0.4 is 5.32 Å². The zero-order chi connectivity index (χ0) is 15.1. The second kappa shape index (κ2) is 7.53. The molecule has 0 atom stereocenters. The van der Waals surface area contributed by atoms with E-state index in [0.29, 0.717) is 0 Å². The minimum atomic E-state index is -0.906. The van der Waals surface area contributed by atoms with Crippen molar-refractivity contribution >= 4 is 17.7 Å². The molecule has 0 aliphatic heterocycles. The van der Waals surface area contributed by atoms with Crippen LogP contribution in [-0.2, 0) is 11.2 Å². The van der Waals surface area contributed by atoms with Crippen molar-refractivity contribution in [2.75, 3.05) is 11.9 Å². The third-order valence-electron chi connectivity index (χ3n) is 3.04. The Morgan fingerprint density at radius 2 is 2.05 bits per heavy atom. The van der Waals surface area contributed by atoms with Crippen molar-refractivity contribution in [3.8, 4) is 0 Å². The predicted molar refractivity (Wildman–Crippen MR) is 78.9 cm³/mol. The van der Waals surface area contributed by atoms with Gasteiger partial charge in [-0.3, -0.25) is 4.79 Å². The average molecular weight is 278 g/mol. The smallest absolute Gasteiger partial charge is 0.322 e. The van der Waals surface area contributed by atoms with Crippen LogP contribution in [-0.4, -0.2) is 34.6 Å². The van der Waals surface area contributed by atoms with Crippen LogP contribution in [0.2, 0.25) is 0 Å². The van der Waals surface area contributed by atoms with E-state index in [2.05, 4.69) is 5.32 Å². The van der Waals surface area contributed by atoms with Crippen LogP contribution in [0.3, 0.4) is 0 Å². The lowest BCUT2D eigenvalue weighted by Crippen LogP contribution is -2.41. The maximum absolute atomic E-state index is 12.2. The summed E-state index contributed by atoms with van der Waals surface area (Å²) in [5.41, 5.74) is 1.87. The number of aliphatic carboxylic acids is 1. The van der Waals surface area contributed by atoms with E-state index in [0.717, 1.165) is 17.7 Å². The normalized spacial score (nSPS) is 10.4. The van der Waals surface area contributed by atoms with E-state index in [1.807, 2.05) is 45.0 Å². The Hall–Kier alpha value is -2.04. The van der Waals surface area contributed by atoms with E-state index >= 15 is 0 Å². The number of carboxylic acids is 1. The minimum absolute atomic E-state index is 0.0521. The molecule has 0 spiro atoms. The van der Waals surface area contributed by atoms with Gasteiger partial charge in [-0.05, 0) is 38.0 Å². The molecule has 1 aromatic carbocycles. The molecule has 0 fully saturated rings. The number of hydrogen-bond acceptors (Lipinski definition) is 2. The van der Waals surface area contributed by atoms with Crippen LogP contribution in [0.1, 0.15) is 32.8 Å². The standard InChI is InChI=1S/C15H22N2O3/c1-4-12-6-5-7-13(10-12)16-15(20)17(11(2)3)9-8-14(18)19/h5-7,10-11H,4,8-9H2,1-3H3,(H,16,20)(H,18,19). The van der Waals surface area contributed by atoms with Crippen LogP contribution in [0.5, 0.6) is 0 Å². The average Bonchev–Trinajstić information content (AvgIpc) is 2.38. The summed E-state index contributed by atoms with van der Waals surface area (Å²) in [5, 5.41) is 11.5. The summed E-state index contributed by atoms with van der Waals surface area (Å²) in [4.78, 5) is 24.3. The number of nitrogens with zero attached hydrogens (tertiary/aromatic N) is 1. The maximum Gasteiger partial charge on any atom is 0.322 e. The van der Waals surface area contributed by atoms with Gasteiger partial charge in [0.05, 0.1) is 6.42 Å². The van der Waals surface area contributed by atoms with Crippen molar-refractivity contribution in [2.24, 2.45) is 0 Å². The zero-order valence-corrected chi connectivity index (χ0v) is 12.2. The first kappa shape index (κ1) is 16.0. The number of anilines is 1. The minimum Gasteiger partial charge on any atom is -0.481 e. The number of hydrogen-bond donors (Lipinski definition) is 2. The maximum atomic E-state index is 12.2. The molecule has 0 radical (unpaired) electrons. The van der Waals surface area contributed by atoms with E-state index in [1.54, 1.807) is 0 Å². The first-order valence-corrected chi connectivity index (χ1v) is 6.82. The van der Waals surface area contributed by atoms with E-state index in [1.165, 1.54) is 4.90 Å². The fourth-order valence-corrected chi connectivity index (χ4v) is 1.87. The Morgan fingerprint density at radius 1 is 1.35 bits per heavy atom. The number of nitrogens with one attached hydrogen (secondary N) is 1. The summed E-state index contributed by atoms with van der Waals surface area (Å²) in [6, 6.07) is 7.32. The van der Waals surface area contributed by atoms with Crippen LogP contribution in [0.15, 0.2) is 24.3 Å². The van der Waals surface area contributed by atoms with E-state index in [9.17, 15) is 9.59 Å². The topological polar surface area (TPSA) is 69.6 Å². The highest BCUT2D eigenvalue weighted by molar-refractivity contribution is 5.89. The van der Waals surface area contributed by atoms with Gasteiger partial charge in [-0.2, -0.15) is 0 Å².